The van der Waals surface area contributed by atoms with Crippen LogP contribution >= 0.6 is 0 Å². The molecule has 0 N–H and O–H groups in total. The molecule has 3 aromatic rings. The molecule has 0 radical (unpaired) electrons. The largest absolute Gasteiger partial charge is 0.404 e. The summed E-state index contributed by atoms with van der Waals surface area (Å²) in [6, 6.07) is 31.7. The second kappa shape index (κ2) is 9.44. The third-order valence-electron chi connectivity index (χ3n) is 4.78. The molecule has 0 aliphatic heterocycles. The van der Waals surface area contributed by atoms with E-state index in [2.05, 4.69) is 72.8 Å². The SMILES string of the molecule is CC(=O)CCCCO[Si](c1ccccc1)(c1ccccc1)c1ccccc1. The van der Waals surface area contributed by atoms with E-state index < -0.39 is 8.32 Å². The molecule has 0 saturated carbocycles. The highest BCUT2D eigenvalue weighted by Crippen LogP contribution is 2.11. The predicted octanol–water partition coefficient (Wildman–Crippen LogP) is 3.43. The van der Waals surface area contributed by atoms with Crippen molar-refractivity contribution in [2.45, 2.75) is 26.2 Å². The van der Waals surface area contributed by atoms with Crippen molar-refractivity contribution in [3.05, 3.63) is 91.0 Å². The van der Waals surface area contributed by atoms with Gasteiger partial charge in [0.1, 0.15) is 5.78 Å². The molecule has 3 heteroatoms. The van der Waals surface area contributed by atoms with Gasteiger partial charge in [-0.1, -0.05) is 91.0 Å². The van der Waals surface area contributed by atoms with Crippen LogP contribution < -0.4 is 15.6 Å². The first-order valence-corrected chi connectivity index (χ1v) is 11.4. The number of rotatable bonds is 9. The first-order valence-electron chi connectivity index (χ1n) is 9.53. The van der Waals surface area contributed by atoms with E-state index >= 15 is 0 Å². The summed E-state index contributed by atoms with van der Waals surface area (Å²) in [7, 11) is -2.59. The number of carbonyl (C=O) groups is 1. The fourth-order valence-electron chi connectivity index (χ4n) is 3.47. The molecule has 0 aromatic heterocycles. The first-order chi connectivity index (χ1) is 13.2. The van der Waals surface area contributed by atoms with Crippen LogP contribution in [-0.4, -0.2) is 20.7 Å². The molecular weight excluding hydrogens is 348 g/mol. The van der Waals surface area contributed by atoms with Crippen LogP contribution in [0, 0.1) is 0 Å². The molecule has 3 aromatic carbocycles. The maximum Gasteiger partial charge on any atom is 0.288 e. The number of ketones is 1. The van der Waals surface area contributed by atoms with E-state index in [0.29, 0.717) is 13.0 Å². The van der Waals surface area contributed by atoms with Crippen LogP contribution in [0.25, 0.3) is 0 Å². The minimum atomic E-state index is -2.59. The second-order valence-corrected chi connectivity index (χ2v) is 10.2. The summed E-state index contributed by atoms with van der Waals surface area (Å²) in [6.07, 6.45) is 2.39. The topological polar surface area (TPSA) is 26.3 Å². The van der Waals surface area contributed by atoms with Crippen LogP contribution in [-0.2, 0) is 9.22 Å². The van der Waals surface area contributed by atoms with Gasteiger partial charge in [0, 0.05) is 13.0 Å². The van der Waals surface area contributed by atoms with Gasteiger partial charge >= 0.3 is 0 Å². The third kappa shape index (κ3) is 4.62. The standard InChI is InChI=1S/C24H26O2Si/c1-21(25)13-11-12-20-26-27(22-14-5-2-6-15-22,23-16-7-3-8-17-23)24-18-9-4-10-19-24/h2-10,14-19H,11-13,20H2,1H3. The van der Waals surface area contributed by atoms with Crippen molar-refractivity contribution < 1.29 is 9.22 Å². The number of unbranched alkanes of at least 4 members (excludes halogenated alkanes) is 1. The van der Waals surface area contributed by atoms with Crippen molar-refractivity contribution in [1.29, 1.82) is 0 Å². The molecule has 0 atom stereocenters. The van der Waals surface area contributed by atoms with Crippen molar-refractivity contribution in [2.24, 2.45) is 0 Å². The van der Waals surface area contributed by atoms with E-state index in [0.717, 1.165) is 12.8 Å². The maximum absolute atomic E-state index is 11.2. The summed E-state index contributed by atoms with van der Waals surface area (Å²) in [5, 5.41) is 3.73. The highest BCUT2D eigenvalue weighted by Gasteiger charge is 2.41. The number of hydrogen-bond acceptors (Lipinski definition) is 2. The minimum Gasteiger partial charge on any atom is -0.404 e. The average molecular weight is 375 g/mol. The van der Waals surface area contributed by atoms with Gasteiger partial charge in [-0.3, -0.25) is 0 Å². The quantitative estimate of drug-likeness (QED) is 0.326. The second-order valence-electron chi connectivity index (χ2n) is 6.79. The summed E-state index contributed by atoms with van der Waals surface area (Å²) in [4.78, 5) is 11.2. The van der Waals surface area contributed by atoms with Crippen LogP contribution in [0.15, 0.2) is 91.0 Å². The fourth-order valence-corrected chi connectivity index (χ4v) is 7.41. The molecule has 0 bridgehead atoms. The molecule has 2 nitrogen and oxygen atoms in total. The van der Waals surface area contributed by atoms with E-state index in [1.165, 1.54) is 15.6 Å². The van der Waals surface area contributed by atoms with Crippen LogP contribution in [0.4, 0.5) is 0 Å². The van der Waals surface area contributed by atoms with Gasteiger partial charge in [-0.05, 0) is 35.3 Å². The van der Waals surface area contributed by atoms with Crippen molar-refractivity contribution in [3.8, 4) is 0 Å². The Morgan fingerprint density at radius 3 is 1.48 bits per heavy atom. The monoisotopic (exact) mass is 374 g/mol. The molecule has 27 heavy (non-hydrogen) atoms. The normalized spacial score (nSPS) is 11.3. The maximum atomic E-state index is 11.2. The fraction of sp³-hybridized carbons (Fsp3) is 0.208. The number of hydrogen-bond donors (Lipinski definition) is 0. The molecule has 0 aliphatic carbocycles. The van der Waals surface area contributed by atoms with E-state index in [1.807, 2.05) is 18.2 Å². The van der Waals surface area contributed by atoms with Crippen LogP contribution in [0.1, 0.15) is 26.2 Å². The zero-order chi connectivity index (χ0) is 19.0. The van der Waals surface area contributed by atoms with Gasteiger partial charge in [0.05, 0.1) is 0 Å². The van der Waals surface area contributed by atoms with E-state index in [1.54, 1.807) is 6.92 Å². The molecule has 0 saturated heterocycles. The molecule has 0 heterocycles. The molecule has 138 valence electrons. The smallest absolute Gasteiger partial charge is 0.288 e. The Hall–Kier alpha value is -2.49. The Labute approximate surface area is 163 Å². The van der Waals surface area contributed by atoms with Gasteiger partial charge in [-0.15, -0.1) is 0 Å². The van der Waals surface area contributed by atoms with Crippen molar-refractivity contribution in [1.82, 2.24) is 0 Å². The van der Waals surface area contributed by atoms with E-state index in [-0.39, 0.29) is 5.78 Å². The third-order valence-corrected chi connectivity index (χ3v) is 8.86. The number of Topliss-reactive ketones (excluding diaryl/α,β-unsaturated/α-hetero) is 1. The molecule has 0 amide bonds. The van der Waals surface area contributed by atoms with Crippen molar-refractivity contribution in [2.75, 3.05) is 6.61 Å². The molecule has 0 unspecified atom stereocenters. The van der Waals surface area contributed by atoms with Gasteiger partial charge < -0.3 is 9.22 Å². The summed E-state index contributed by atoms with van der Waals surface area (Å²) in [5.74, 6) is 0.243. The Kier molecular flexibility index (Phi) is 6.74. The molecule has 3 rings (SSSR count). The lowest BCUT2D eigenvalue weighted by Gasteiger charge is -2.33. The minimum absolute atomic E-state index is 0.243. The van der Waals surface area contributed by atoms with Crippen molar-refractivity contribution in [3.63, 3.8) is 0 Å². The van der Waals surface area contributed by atoms with Crippen LogP contribution in [0.5, 0.6) is 0 Å². The molecule has 0 spiro atoms. The summed E-state index contributed by atoms with van der Waals surface area (Å²) < 4.78 is 6.80. The van der Waals surface area contributed by atoms with Gasteiger partial charge in [-0.25, -0.2) is 0 Å². The van der Waals surface area contributed by atoms with Crippen LogP contribution in [0.3, 0.4) is 0 Å². The van der Waals surface area contributed by atoms with Gasteiger partial charge in [0.15, 0.2) is 0 Å². The van der Waals surface area contributed by atoms with Crippen molar-refractivity contribution >= 4 is 29.7 Å². The lowest BCUT2D eigenvalue weighted by atomic mass is 10.2. The predicted molar refractivity (Wildman–Crippen MR) is 114 cm³/mol. The van der Waals surface area contributed by atoms with E-state index in [9.17, 15) is 4.79 Å². The lowest BCUT2D eigenvalue weighted by molar-refractivity contribution is -0.117. The molecule has 0 aliphatic rings. The molecular formula is C24H26O2Si. The summed E-state index contributed by atoms with van der Waals surface area (Å²) >= 11 is 0. The first kappa shape index (κ1) is 19.3. The number of benzene rings is 3. The Bertz CT molecular complexity index is 735. The zero-order valence-corrected chi connectivity index (χ0v) is 16.8. The highest BCUT2D eigenvalue weighted by atomic mass is 28.4. The Balaban J connectivity index is 2.02. The summed E-state index contributed by atoms with van der Waals surface area (Å²) in [5.41, 5.74) is 0. The lowest BCUT2D eigenvalue weighted by Crippen LogP contribution is -2.69. The number of carbonyl (C=O) groups excluding carboxylic acids is 1. The zero-order valence-electron chi connectivity index (χ0n) is 15.8. The van der Waals surface area contributed by atoms with Gasteiger partial charge in [-0.2, -0.15) is 0 Å². The van der Waals surface area contributed by atoms with Gasteiger partial charge in [0.25, 0.3) is 8.32 Å². The average Bonchev–Trinajstić information content (AvgIpc) is 2.73. The molecule has 0 fully saturated rings. The van der Waals surface area contributed by atoms with Crippen LogP contribution in [0.2, 0.25) is 0 Å². The Morgan fingerprint density at radius 2 is 1.11 bits per heavy atom. The Morgan fingerprint density at radius 1 is 0.704 bits per heavy atom. The highest BCUT2D eigenvalue weighted by molar-refractivity contribution is 7.07. The van der Waals surface area contributed by atoms with Gasteiger partial charge in [0.2, 0.25) is 0 Å². The van der Waals surface area contributed by atoms with E-state index in [4.69, 9.17) is 4.43 Å². The summed E-state index contributed by atoms with van der Waals surface area (Å²) in [6.45, 7) is 2.30.